The van der Waals surface area contributed by atoms with E-state index < -0.39 is 10.0 Å². The van der Waals surface area contributed by atoms with E-state index in [-0.39, 0.29) is 10.8 Å². The van der Waals surface area contributed by atoms with Crippen LogP contribution in [0, 0.1) is 0 Å². The van der Waals surface area contributed by atoms with Gasteiger partial charge in [0.2, 0.25) is 5.91 Å². The highest BCUT2D eigenvalue weighted by molar-refractivity contribution is 7.92. The van der Waals surface area contributed by atoms with Gasteiger partial charge in [-0.1, -0.05) is 19.1 Å². The van der Waals surface area contributed by atoms with Crippen LogP contribution in [0.15, 0.2) is 65.6 Å². The van der Waals surface area contributed by atoms with E-state index >= 15 is 0 Å². The third-order valence-electron chi connectivity index (χ3n) is 5.44. The lowest BCUT2D eigenvalue weighted by Crippen LogP contribution is -2.19. The molecule has 0 saturated carbocycles. The number of aromatic nitrogens is 2. The third kappa shape index (κ3) is 5.67. The fraction of sp³-hybridized carbons (Fsp3) is 0.292. The average molecular weight is 466 g/mol. The Labute approximate surface area is 194 Å². The second kappa shape index (κ2) is 9.99. The number of nitrogens with zero attached hydrogens (tertiary/aromatic N) is 3. The summed E-state index contributed by atoms with van der Waals surface area (Å²) in [5.74, 6) is 0.790. The predicted molar refractivity (Wildman–Crippen MR) is 130 cm³/mol. The Balaban J connectivity index is 1.41. The molecular weight excluding hydrogens is 438 g/mol. The number of sulfonamides is 1. The molecular formula is C24H27N5O3S. The Bertz CT molecular complexity index is 1190. The molecule has 0 atom stereocenters. The summed E-state index contributed by atoms with van der Waals surface area (Å²) in [5, 5.41) is 11.4. The van der Waals surface area contributed by atoms with Crippen LogP contribution in [0.25, 0.3) is 11.3 Å². The fourth-order valence-corrected chi connectivity index (χ4v) is 4.74. The average Bonchev–Trinajstić information content (AvgIpc) is 3.35. The molecule has 1 aromatic heterocycles. The SMILES string of the molecule is CCCC(=O)Nc1ccc(S(=O)(=O)Nc2ccc(-c3ccc(N4CCCC4)nn3)cc2)cc1. The summed E-state index contributed by atoms with van der Waals surface area (Å²) in [5.41, 5.74) is 2.59. The molecule has 1 saturated heterocycles. The highest BCUT2D eigenvalue weighted by atomic mass is 32.2. The van der Waals surface area contributed by atoms with Gasteiger partial charge >= 0.3 is 0 Å². The lowest BCUT2D eigenvalue weighted by molar-refractivity contribution is -0.116. The Morgan fingerprint density at radius 1 is 0.909 bits per heavy atom. The van der Waals surface area contributed by atoms with Crippen LogP contribution in [0.4, 0.5) is 17.2 Å². The number of carbonyl (C=O) groups is 1. The van der Waals surface area contributed by atoms with Gasteiger partial charge in [-0.25, -0.2) is 8.42 Å². The molecule has 2 N–H and O–H groups in total. The van der Waals surface area contributed by atoms with E-state index in [1.165, 1.54) is 25.0 Å². The minimum absolute atomic E-state index is 0.0957. The number of anilines is 3. The van der Waals surface area contributed by atoms with Gasteiger partial charge in [0.1, 0.15) is 0 Å². The summed E-state index contributed by atoms with van der Waals surface area (Å²) in [7, 11) is -3.76. The standard InChI is InChI=1S/C24H27N5O3S/c1-2-5-24(30)25-19-10-12-21(13-11-19)33(31,32)28-20-8-6-18(7-9-20)22-14-15-23(27-26-22)29-16-3-4-17-29/h6-15,28H,2-5,16-17H2,1H3,(H,25,30). The predicted octanol–water partition coefficient (Wildman–Crippen LogP) is 4.28. The maximum Gasteiger partial charge on any atom is 0.261 e. The third-order valence-corrected chi connectivity index (χ3v) is 6.84. The van der Waals surface area contributed by atoms with Crippen molar-refractivity contribution in [3.63, 3.8) is 0 Å². The number of nitrogens with one attached hydrogen (secondary N) is 2. The summed E-state index contributed by atoms with van der Waals surface area (Å²) in [6, 6.07) is 17.0. The zero-order valence-corrected chi connectivity index (χ0v) is 19.3. The molecule has 1 amide bonds. The molecule has 8 nitrogen and oxygen atoms in total. The largest absolute Gasteiger partial charge is 0.355 e. The highest BCUT2D eigenvalue weighted by Gasteiger charge is 2.16. The monoisotopic (exact) mass is 465 g/mol. The number of hydrogen-bond acceptors (Lipinski definition) is 6. The van der Waals surface area contributed by atoms with Gasteiger partial charge in [0, 0.05) is 36.4 Å². The molecule has 0 unspecified atom stereocenters. The molecule has 2 aromatic carbocycles. The van der Waals surface area contributed by atoms with Gasteiger partial charge in [0.05, 0.1) is 10.6 Å². The Kier molecular flexibility index (Phi) is 6.88. The molecule has 3 aromatic rings. The van der Waals surface area contributed by atoms with Crippen molar-refractivity contribution < 1.29 is 13.2 Å². The molecule has 172 valence electrons. The summed E-state index contributed by atoms with van der Waals surface area (Å²) in [6.45, 7) is 3.95. The maximum atomic E-state index is 12.7. The smallest absolute Gasteiger partial charge is 0.261 e. The number of carbonyl (C=O) groups excluding carboxylic acids is 1. The lowest BCUT2D eigenvalue weighted by atomic mass is 10.1. The van der Waals surface area contributed by atoms with Gasteiger partial charge in [0.15, 0.2) is 5.82 Å². The van der Waals surface area contributed by atoms with E-state index in [2.05, 4.69) is 25.1 Å². The van der Waals surface area contributed by atoms with Crippen LogP contribution in [0.2, 0.25) is 0 Å². The summed E-state index contributed by atoms with van der Waals surface area (Å²) >= 11 is 0. The van der Waals surface area contributed by atoms with E-state index in [1.807, 2.05) is 31.2 Å². The minimum atomic E-state index is -3.76. The molecule has 4 rings (SSSR count). The van der Waals surface area contributed by atoms with E-state index in [1.54, 1.807) is 24.3 Å². The van der Waals surface area contributed by atoms with Crippen molar-refractivity contribution in [2.45, 2.75) is 37.5 Å². The molecule has 0 bridgehead atoms. The van der Waals surface area contributed by atoms with E-state index in [9.17, 15) is 13.2 Å². The van der Waals surface area contributed by atoms with E-state index in [0.29, 0.717) is 17.8 Å². The first kappa shape index (κ1) is 22.7. The lowest BCUT2D eigenvalue weighted by Gasteiger charge is -2.15. The first-order valence-corrected chi connectivity index (χ1v) is 12.5. The van der Waals surface area contributed by atoms with Crippen LogP contribution in [-0.2, 0) is 14.8 Å². The van der Waals surface area contributed by atoms with Gasteiger partial charge in [-0.2, -0.15) is 0 Å². The van der Waals surface area contributed by atoms with Crippen LogP contribution < -0.4 is 14.9 Å². The van der Waals surface area contributed by atoms with E-state index in [4.69, 9.17) is 0 Å². The van der Waals surface area contributed by atoms with Crippen molar-refractivity contribution in [3.05, 3.63) is 60.7 Å². The molecule has 1 aliphatic heterocycles. The quantitative estimate of drug-likeness (QED) is 0.514. The molecule has 1 aliphatic rings. The minimum Gasteiger partial charge on any atom is -0.355 e. The topological polar surface area (TPSA) is 104 Å². The Hall–Kier alpha value is -3.46. The van der Waals surface area contributed by atoms with Crippen molar-refractivity contribution in [3.8, 4) is 11.3 Å². The summed E-state index contributed by atoms with van der Waals surface area (Å²) in [4.78, 5) is 14.0. The van der Waals surface area contributed by atoms with Gasteiger partial charge in [0.25, 0.3) is 10.0 Å². The molecule has 1 fully saturated rings. The van der Waals surface area contributed by atoms with Gasteiger partial charge in [-0.3, -0.25) is 9.52 Å². The van der Waals surface area contributed by atoms with Crippen LogP contribution in [0.1, 0.15) is 32.6 Å². The van der Waals surface area contributed by atoms with Gasteiger partial charge in [-0.05, 0) is 67.8 Å². The molecule has 0 radical (unpaired) electrons. The van der Waals surface area contributed by atoms with Gasteiger partial charge < -0.3 is 10.2 Å². The first-order valence-electron chi connectivity index (χ1n) is 11.1. The second-order valence-corrected chi connectivity index (χ2v) is 9.66. The van der Waals surface area contributed by atoms with Crippen molar-refractivity contribution in [1.82, 2.24) is 10.2 Å². The molecule has 0 spiro atoms. The summed E-state index contributed by atoms with van der Waals surface area (Å²) < 4.78 is 28.0. The van der Waals surface area contributed by atoms with Crippen LogP contribution >= 0.6 is 0 Å². The van der Waals surface area contributed by atoms with Gasteiger partial charge in [-0.15, -0.1) is 10.2 Å². The van der Waals surface area contributed by atoms with E-state index in [0.717, 1.165) is 36.6 Å². The van der Waals surface area contributed by atoms with Crippen molar-refractivity contribution >= 4 is 33.1 Å². The zero-order chi connectivity index (χ0) is 23.3. The second-order valence-electron chi connectivity index (χ2n) is 7.98. The van der Waals surface area contributed by atoms with Crippen molar-refractivity contribution in [2.24, 2.45) is 0 Å². The zero-order valence-electron chi connectivity index (χ0n) is 18.5. The summed E-state index contributed by atoms with van der Waals surface area (Å²) in [6.07, 6.45) is 3.53. The number of amides is 1. The number of hydrogen-bond donors (Lipinski definition) is 2. The Morgan fingerprint density at radius 2 is 1.58 bits per heavy atom. The normalized spacial score (nSPS) is 13.7. The first-order chi connectivity index (χ1) is 15.9. The molecule has 9 heteroatoms. The number of rotatable bonds is 8. The van der Waals surface area contributed by atoms with Crippen LogP contribution in [0.5, 0.6) is 0 Å². The fourth-order valence-electron chi connectivity index (χ4n) is 3.69. The maximum absolute atomic E-state index is 12.7. The molecule has 2 heterocycles. The Morgan fingerprint density at radius 3 is 2.18 bits per heavy atom. The highest BCUT2D eigenvalue weighted by Crippen LogP contribution is 2.24. The van der Waals surface area contributed by atoms with Crippen LogP contribution in [-0.4, -0.2) is 37.6 Å². The van der Waals surface area contributed by atoms with Crippen molar-refractivity contribution in [1.29, 1.82) is 0 Å². The van der Waals surface area contributed by atoms with Crippen LogP contribution in [0.3, 0.4) is 0 Å². The molecule has 0 aliphatic carbocycles. The number of benzene rings is 2. The van der Waals surface area contributed by atoms with Crippen molar-refractivity contribution in [2.75, 3.05) is 28.0 Å². The molecule has 33 heavy (non-hydrogen) atoms.